The molecular weight excluding hydrogens is 274 g/mol. The van der Waals surface area contributed by atoms with Crippen molar-refractivity contribution in [3.05, 3.63) is 0 Å². The maximum Gasteiger partial charge on any atom is 0.407 e. The highest BCUT2D eigenvalue weighted by molar-refractivity contribution is 6.24. The first-order valence-corrected chi connectivity index (χ1v) is 8.21. The topological polar surface area (TPSA) is 38.3 Å². The average molecular weight is 300 g/mol. The van der Waals surface area contributed by atoms with Gasteiger partial charge in [0.25, 0.3) is 0 Å². The van der Waals surface area contributed by atoms with E-state index in [2.05, 4.69) is 5.32 Å². The second-order valence-electron chi connectivity index (χ2n) is 8.47. The molecule has 0 aromatic heterocycles. The predicted octanol–water partition coefficient (Wildman–Crippen LogP) is 4.09. The smallest absolute Gasteiger partial charge is 0.407 e. The third-order valence-electron chi connectivity index (χ3n) is 5.12. The Balaban J connectivity index is 1.61. The molecule has 4 fully saturated rings. The summed E-state index contributed by atoms with van der Waals surface area (Å²) in [5, 5.41) is 2.99. The average Bonchev–Trinajstić information content (AvgIpc) is 2.20. The summed E-state index contributed by atoms with van der Waals surface area (Å²) in [6, 6.07) is 0. The van der Waals surface area contributed by atoms with Gasteiger partial charge in [-0.1, -0.05) is 0 Å². The number of hydrogen-bond acceptors (Lipinski definition) is 2. The highest BCUT2D eigenvalue weighted by Crippen LogP contribution is 2.63. The molecule has 4 saturated carbocycles. The van der Waals surface area contributed by atoms with Crippen LogP contribution in [0.1, 0.15) is 59.3 Å². The van der Waals surface area contributed by atoms with E-state index < -0.39 is 5.60 Å². The Hall–Kier alpha value is -0.440. The van der Waals surface area contributed by atoms with E-state index >= 15 is 0 Å². The van der Waals surface area contributed by atoms with E-state index in [1.54, 1.807) is 0 Å². The quantitative estimate of drug-likeness (QED) is 0.780. The van der Waals surface area contributed by atoms with Gasteiger partial charge in [-0.3, -0.25) is 0 Å². The summed E-state index contributed by atoms with van der Waals surface area (Å²) < 4.78 is 5.34. The van der Waals surface area contributed by atoms with Crippen LogP contribution in [0.25, 0.3) is 0 Å². The molecule has 0 aliphatic heterocycles. The number of halogens is 1. The van der Waals surface area contributed by atoms with Crippen molar-refractivity contribution in [1.82, 2.24) is 5.32 Å². The lowest BCUT2D eigenvalue weighted by Crippen LogP contribution is -2.56. The number of nitrogens with one attached hydrogen (secondary N) is 1. The molecule has 4 aliphatic carbocycles. The molecule has 3 nitrogen and oxygen atoms in total. The fourth-order valence-corrected chi connectivity index (χ4v) is 5.84. The predicted molar refractivity (Wildman–Crippen MR) is 79.9 cm³/mol. The van der Waals surface area contributed by atoms with Crippen LogP contribution in [0.15, 0.2) is 0 Å². The second kappa shape index (κ2) is 4.53. The summed E-state index contributed by atoms with van der Waals surface area (Å²) in [6.45, 7) is 6.41. The molecule has 0 aromatic rings. The number of carbonyl (C=O) groups is 1. The number of hydrogen-bond donors (Lipinski definition) is 1. The fourth-order valence-electron chi connectivity index (χ4n) is 5.12. The van der Waals surface area contributed by atoms with Crippen molar-refractivity contribution in [1.29, 1.82) is 0 Å². The zero-order valence-corrected chi connectivity index (χ0v) is 13.6. The van der Waals surface area contributed by atoms with Crippen LogP contribution in [0, 0.1) is 17.3 Å². The molecule has 2 unspecified atom stereocenters. The molecule has 114 valence electrons. The van der Waals surface area contributed by atoms with Gasteiger partial charge < -0.3 is 10.1 Å². The van der Waals surface area contributed by atoms with Gasteiger partial charge >= 0.3 is 6.09 Å². The molecule has 2 atom stereocenters. The lowest BCUT2D eigenvalue weighted by atomic mass is 9.49. The molecule has 0 aromatic carbocycles. The summed E-state index contributed by atoms with van der Waals surface area (Å²) in [6.07, 6.45) is 6.93. The molecule has 0 saturated heterocycles. The summed E-state index contributed by atoms with van der Waals surface area (Å²) in [7, 11) is 0. The van der Waals surface area contributed by atoms with Crippen LogP contribution in [0.2, 0.25) is 0 Å². The van der Waals surface area contributed by atoms with Crippen molar-refractivity contribution in [2.75, 3.05) is 6.54 Å². The number of ether oxygens (including phenoxy) is 1. The van der Waals surface area contributed by atoms with Crippen molar-refractivity contribution in [2.24, 2.45) is 17.3 Å². The molecule has 0 spiro atoms. The van der Waals surface area contributed by atoms with Gasteiger partial charge in [-0.25, -0.2) is 4.79 Å². The van der Waals surface area contributed by atoms with Crippen molar-refractivity contribution in [2.45, 2.75) is 69.8 Å². The molecule has 4 rings (SSSR count). The van der Waals surface area contributed by atoms with Crippen molar-refractivity contribution < 1.29 is 9.53 Å². The van der Waals surface area contributed by atoms with E-state index in [0.717, 1.165) is 24.8 Å². The Morgan fingerprint density at radius 2 is 1.85 bits per heavy atom. The van der Waals surface area contributed by atoms with E-state index in [9.17, 15) is 4.79 Å². The van der Waals surface area contributed by atoms with Gasteiger partial charge in [-0.05, 0) is 76.5 Å². The van der Waals surface area contributed by atoms with E-state index in [1.807, 2.05) is 20.8 Å². The summed E-state index contributed by atoms with van der Waals surface area (Å²) in [5.41, 5.74) is -0.206. The Labute approximate surface area is 126 Å². The Bertz CT molecular complexity index is 401. The third-order valence-corrected chi connectivity index (χ3v) is 5.56. The van der Waals surface area contributed by atoms with Crippen LogP contribution in [-0.2, 0) is 4.74 Å². The lowest BCUT2D eigenvalue weighted by molar-refractivity contribution is -0.0402. The van der Waals surface area contributed by atoms with Gasteiger partial charge in [0.15, 0.2) is 0 Å². The van der Waals surface area contributed by atoms with Crippen LogP contribution in [0.3, 0.4) is 0 Å². The SMILES string of the molecule is CC(C)(C)OC(=O)NCC12CC3CC(CC(Cl)(C3)C1)C2. The zero-order chi connectivity index (χ0) is 14.6. The minimum absolute atomic E-state index is 0.0136. The summed E-state index contributed by atoms with van der Waals surface area (Å²) in [4.78, 5) is 11.9. The van der Waals surface area contributed by atoms with Gasteiger partial charge in [0.1, 0.15) is 5.60 Å². The van der Waals surface area contributed by atoms with Gasteiger partial charge in [-0.15, -0.1) is 11.6 Å². The van der Waals surface area contributed by atoms with E-state index in [0.29, 0.717) is 0 Å². The Morgan fingerprint density at radius 3 is 2.35 bits per heavy atom. The lowest BCUT2D eigenvalue weighted by Gasteiger charge is -2.60. The van der Waals surface area contributed by atoms with E-state index in [-0.39, 0.29) is 16.4 Å². The second-order valence-corrected chi connectivity index (χ2v) is 9.27. The van der Waals surface area contributed by atoms with Gasteiger partial charge in [0.05, 0.1) is 0 Å². The summed E-state index contributed by atoms with van der Waals surface area (Å²) >= 11 is 6.80. The summed E-state index contributed by atoms with van der Waals surface area (Å²) in [5.74, 6) is 1.54. The van der Waals surface area contributed by atoms with Crippen LogP contribution < -0.4 is 5.32 Å². The largest absolute Gasteiger partial charge is 0.444 e. The van der Waals surface area contributed by atoms with Crippen LogP contribution in [-0.4, -0.2) is 23.1 Å². The molecule has 0 heterocycles. The van der Waals surface area contributed by atoms with E-state index in [1.165, 1.54) is 32.1 Å². The minimum atomic E-state index is -0.431. The number of carbonyl (C=O) groups excluding carboxylic acids is 1. The number of alkyl carbamates (subject to hydrolysis) is 1. The molecule has 1 N–H and O–H groups in total. The standard InChI is InChI=1S/C16H26ClNO2/c1-14(2,3)20-13(19)18-10-15-5-11-4-12(6-15)8-16(17,7-11)9-15/h11-12H,4-10H2,1-3H3,(H,18,19). The molecular formula is C16H26ClNO2. The van der Waals surface area contributed by atoms with Gasteiger partial charge in [-0.2, -0.15) is 0 Å². The highest BCUT2D eigenvalue weighted by atomic mass is 35.5. The maximum absolute atomic E-state index is 11.9. The molecule has 4 aliphatic rings. The van der Waals surface area contributed by atoms with Crippen molar-refractivity contribution in [3.63, 3.8) is 0 Å². The number of rotatable bonds is 2. The monoisotopic (exact) mass is 299 g/mol. The van der Waals surface area contributed by atoms with Crippen LogP contribution in [0.4, 0.5) is 4.79 Å². The fraction of sp³-hybridized carbons (Fsp3) is 0.938. The number of alkyl halides is 1. The first kappa shape index (κ1) is 14.5. The Kier molecular flexibility index (Phi) is 3.28. The molecule has 4 bridgehead atoms. The molecule has 0 radical (unpaired) electrons. The van der Waals surface area contributed by atoms with Gasteiger partial charge in [0, 0.05) is 11.4 Å². The Morgan fingerprint density at radius 1 is 1.25 bits per heavy atom. The highest BCUT2D eigenvalue weighted by Gasteiger charge is 2.57. The zero-order valence-electron chi connectivity index (χ0n) is 12.8. The molecule has 20 heavy (non-hydrogen) atoms. The molecule has 4 heteroatoms. The minimum Gasteiger partial charge on any atom is -0.444 e. The number of amides is 1. The third kappa shape index (κ3) is 2.93. The van der Waals surface area contributed by atoms with Crippen LogP contribution >= 0.6 is 11.6 Å². The van der Waals surface area contributed by atoms with Crippen molar-refractivity contribution in [3.8, 4) is 0 Å². The molecule has 1 amide bonds. The van der Waals surface area contributed by atoms with Gasteiger partial charge in [0.2, 0.25) is 0 Å². The van der Waals surface area contributed by atoms with Crippen LogP contribution in [0.5, 0.6) is 0 Å². The first-order valence-electron chi connectivity index (χ1n) is 7.83. The van der Waals surface area contributed by atoms with E-state index in [4.69, 9.17) is 16.3 Å². The first-order chi connectivity index (χ1) is 9.17. The van der Waals surface area contributed by atoms with Crippen molar-refractivity contribution >= 4 is 17.7 Å². The maximum atomic E-state index is 11.9. The normalized spacial score (nSPS) is 42.6.